The van der Waals surface area contributed by atoms with Gasteiger partial charge in [-0.3, -0.25) is 4.79 Å². The summed E-state index contributed by atoms with van der Waals surface area (Å²) in [5, 5.41) is 2.52. The van der Waals surface area contributed by atoms with Gasteiger partial charge in [0, 0.05) is 32.0 Å². The maximum absolute atomic E-state index is 12.7. The van der Waals surface area contributed by atoms with Crippen LogP contribution in [0.2, 0.25) is 0 Å². The molecule has 12 heteroatoms. The van der Waals surface area contributed by atoms with Crippen molar-refractivity contribution in [2.24, 2.45) is 13.0 Å². The largest absolute Gasteiger partial charge is 0.573 e. The molecule has 0 bridgehead atoms. The first kappa shape index (κ1) is 21.1. The van der Waals surface area contributed by atoms with Gasteiger partial charge in [-0.1, -0.05) is 0 Å². The van der Waals surface area contributed by atoms with Crippen LogP contribution in [0.25, 0.3) is 0 Å². The number of aromatic nitrogens is 2. The Balaban J connectivity index is 1.64. The number of sulfonamides is 1. The maximum Gasteiger partial charge on any atom is 0.573 e. The normalized spacial score (nSPS) is 18.4. The number of nitrogens with one attached hydrogen (secondary N) is 1. The van der Waals surface area contributed by atoms with Crippen LogP contribution in [0.15, 0.2) is 41.8 Å². The highest BCUT2D eigenvalue weighted by atomic mass is 32.2. The lowest BCUT2D eigenvalue weighted by Crippen LogP contribution is -2.43. The molecule has 1 atom stereocenters. The molecule has 1 aromatic carbocycles. The van der Waals surface area contributed by atoms with E-state index in [4.69, 9.17) is 0 Å². The summed E-state index contributed by atoms with van der Waals surface area (Å²) < 4.78 is 68.5. The molecule has 1 saturated heterocycles. The molecular formula is C17H19F3N4O4S. The summed E-state index contributed by atoms with van der Waals surface area (Å²) in [4.78, 5) is 16.4. The molecule has 1 amide bonds. The predicted octanol–water partition coefficient (Wildman–Crippen LogP) is 2.36. The number of nitrogens with zero attached hydrogens (tertiary/aromatic N) is 3. The van der Waals surface area contributed by atoms with Crippen LogP contribution in [-0.4, -0.2) is 47.6 Å². The number of imidazole rings is 1. The molecule has 0 spiro atoms. The lowest BCUT2D eigenvalue weighted by molar-refractivity contribution is -0.274. The molecule has 2 heterocycles. The van der Waals surface area contributed by atoms with Gasteiger partial charge in [-0.25, -0.2) is 13.4 Å². The number of anilines is 1. The summed E-state index contributed by atoms with van der Waals surface area (Å²) in [5.74, 6) is -1.40. The molecule has 0 saturated carbocycles. The molecule has 0 radical (unpaired) electrons. The van der Waals surface area contributed by atoms with Gasteiger partial charge in [0.1, 0.15) is 5.75 Å². The van der Waals surface area contributed by atoms with Crippen LogP contribution >= 0.6 is 0 Å². The topological polar surface area (TPSA) is 93.5 Å². The molecule has 8 nitrogen and oxygen atoms in total. The van der Waals surface area contributed by atoms with Crippen molar-refractivity contribution in [1.29, 1.82) is 0 Å². The quantitative estimate of drug-likeness (QED) is 0.783. The van der Waals surface area contributed by atoms with E-state index in [0.717, 1.165) is 12.1 Å². The highest BCUT2D eigenvalue weighted by Crippen LogP contribution is 2.26. The van der Waals surface area contributed by atoms with Crippen molar-refractivity contribution >= 4 is 21.6 Å². The number of carbonyl (C=O) groups excluding carboxylic acids is 1. The Morgan fingerprint density at radius 3 is 2.55 bits per heavy atom. The van der Waals surface area contributed by atoms with Crippen LogP contribution < -0.4 is 10.1 Å². The zero-order valence-corrected chi connectivity index (χ0v) is 16.2. The number of piperidine rings is 1. The highest BCUT2D eigenvalue weighted by molar-refractivity contribution is 7.89. The van der Waals surface area contributed by atoms with Gasteiger partial charge < -0.3 is 14.6 Å². The van der Waals surface area contributed by atoms with E-state index < -0.39 is 34.0 Å². The van der Waals surface area contributed by atoms with Gasteiger partial charge >= 0.3 is 6.36 Å². The number of hydrogen-bond donors (Lipinski definition) is 1. The van der Waals surface area contributed by atoms with Crippen LogP contribution in [0.3, 0.4) is 0 Å². The summed E-state index contributed by atoms with van der Waals surface area (Å²) in [6.45, 7) is 0.284. The lowest BCUT2D eigenvalue weighted by atomic mass is 9.99. The number of amides is 1. The number of rotatable bonds is 5. The Morgan fingerprint density at radius 2 is 1.97 bits per heavy atom. The fraction of sp³-hybridized carbons (Fsp3) is 0.412. The van der Waals surface area contributed by atoms with E-state index in [0.29, 0.717) is 12.8 Å². The van der Waals surface area contributed by atoms with E-state index >= 15 is 0 Å². The Hall–Kier alpha value is -2.60. The summed E-state index contributed by atoms with van der Waals surface area (Å²) in [5.41, 5.74) is 0.286. The minimum Gasteiger partial charge on any atom is -0.406 e. The fourth-order valence-corrected chi connectivity index (χ4v) is 4.50. The van der Waals surface area contributed by atoms with Crippen LogP contribution in [0, 0.1) is 5.92 Å². The second-order valence-corrected chi connectivity index (χ2v) is 8.53. The van der Waals surface area contributed by atoms with Crippen molar-refractivity contribution in [2.75, 3.05) is 18.4 Å². The second-order valence-electron chi connectivity index (χ2n) is 6.64. The molecule has 158 valence electrons. The first-order valence-corrected chi connectivity index (χ1v) is 10.1. The van der Waals surface area contributed by atoms with E-state index in [1.165, 1.54) is 33.5 Å². The summed E-state index contributed by atoms with van der Waals surface area (Å²) >= 11 is 0. The van der Waals surface area contributed by atoms with Crippen molar-refractivity contribution in [3.8, 4) is 5.75 Å². The SMILES string of the molecule is Cn1cnc(S(=O)(=O)N2CCCC(C(=O)Nc3ccc(OC(F)(F)F)cc3)C2)c1. The van der Waals surface area contributed by atoms with Gasteiger partial charge in [0.05, 0.1) is 12.2 Å². The minimum absolute atomic E-state index is 0.00000928. The van der Waals surface area contributed by atoms with Crippen LogP contribution in [-0.2, 0) is 21.9 Å². The molecule has 1 aliphatic heterocycles. The van der Waals surface area contributed by atoms with E-state index in [1.54, 1.807) is 7.05 Å². The Labute approximate surface area is 165 Å². The van der Waals surface area contributed by atoms with Crippen LogP contribution in [0.4, 0.5) is 18.9 Å². The number of benzene rings is 1. The third-order valence-electron chi connectivity index (χ3n) is 4.40. The minimum atomic E-state index is -4.80. The van der Waals surface area contributed by atoms with Gasteiger partial charge in [-0.05, 0) is 37.1 Å². The first-order valence-electron chi connectivity index (χ1n) is 8.69. The standard InChI is InChI=1S/C17H19F3N4O4S/c1-23-10-15(21-11-23)29(26,27)24-8-2-3-12(9-24)16(25)22-13-4-6-14(7-5-13)28-17(18,19)20/h4-7,10-12H,2-3,8-9H2,1H3,(H,22,25). The van der Waals surface area contributed by atoms with Crippen LogP contribution in [0.1, 0.15) is 12.8 Å². The molecule has 2 aromatic rings. The lowest BCUT2D eigenvalue weighted by Gasteiger charge is -2.30. The third-order valence-corrected chi connectivity index (χ3v) is 6.15. The van der Waals surface area contributed by atoms with Crippen molar-refractivity contribution in [3.05, 3.63) is 36.8 Å². The first-order chi connectivity index (χ1) is 13.5. The van der Waals surface area contributed by atoms with Crippen molar-refractivity contribution < 1.29 is 31.1 Å². The number of aryl methyl sites for hydroxylation is 1. The van der Waals surface area contributed by atoms with Gasteiger partial charge in [-0.2, -0.15) is 4.31 Å². The molecular weight excluding hydrogens is 413 g/mol. The molecule has 1 aliphatic rings. The van der Waals surface area contributed by atoms with Gasteiger partial charge in [-0.15, -0.1) is 13.2 Å². The average molecular weight is 432 g/mol. The monoisotopic (exact) mass is 432 g/mol. The van der Waals surface area contributed by atoms with E-state index in [9.17, 15) is 26.4 Å². The summed E-state index contributed by atoms with van der Waals surface area (Å²) in [6, 6.07) is 4.73. The molecule has 1 N–H and O–H groups in total. The van der Waals surface area contributed by atoms with E-state index in [2.05, 4.69) is 15.0 Å². The molecule has 1 fully saturated rings. The number of alkyl halides is 3. The Kier molecular flexibility index (Phi) is 5.85. The van der Waals surface area contributed by atoms with E-state index in [1.807, 2.05) is 0 Å². The molecule has 3 rings (SSSR count). The summed E-state index contributed by atoms with van der Waals surface area (Å²) in [7, 11) is -2.15. The third kappa shape index (κ3) is 5.26. The Bertz CT molecular complexity index is 973. The zero-order chi connectivity index (χ0) is 21.2. The van der Waals surface area contributed by atoms with Crippen molar-refractivity contribution in [3.63, 3.8) is 0 Å². The number of carbonyl (C=O) groups is 1. The molecule has 29 heavy (non-hydrogen) atoms. The van der Waals surface area contributed by atoms with Crippen molar-refractivity contribution in [2.45, 2.75) is 24.2 Å². The average Bonchev–Trinajstić information content (AvgIpc) is 3.09. The fourth-order valence-electron chi connectivity index (χ4n) is 3.01. The van der Waals surface area contributed by atoms with Crippen LogP contribution in [0.5, 0.6) is 5.75 Å². The summed E-state index contributed by atoms with van der Waals surface area (Å²) in [6.07, 6.45) is -1.02. The zero-order valence-electron chi connectivity index (χ0n) is 15.4. The van der Waals surface area contributed by atoms with Gasteiger partial charge in [0.2, 0.25) is 5.91 Å². The molecule has 1 unspecified atom stereocenters. The number of ether oxygens (including phenoxy) is 1. The molecule has 1 aromatic heterocycles. The predicted molar refractivity (Wildman–Crippen MR) is 96.4 cm³/mol. The number of halogens is 3. The van der Waals surface area contributed by atoms with Gasteiger partial charge in [0.25, 0.3) is 10.0 Å². The maximum atomic E-state index is 12.7. The second kappa shape index (κ2) is 8.03. The highest BCUT2D eigenvalue weighted by Gasteiger charge is 2.34. The molecule has 0 aliphatic carbocycles. The van der Waals surface area contributed by atoms with Crippen molar-refractivity contribution in [1.82, 2.24) is 13.9 Å². The van der Waals surface area contributed by atoms with Gasteiger partial charge in [0.15, 0.2) is 5.03 Å². The Morgan fingerprint density at radius 1 is 1.28 bits per heavy atom. The number of hydrogen-bond acceptors (Lipinski definition) is 5. The van der Waals surface area contributed by atoms with E-state index in [-0.39, 0.29) is 23.8 Å². The smallest absolute Gasteiger partial charge is 0.406 e.